The number of amides is 1. The molecule has 1 N–H and O–H groups in total. The molecule has 1 aliphatic rings. The first-order valence-electron chi connectivity index (χ1n) is 8.14. The number of alkyl halides is 2. The van der Waals surface area contributed by atoms with E-state index in [1.54, 1.807) is 18.5 Å². The van der Waals surface area contributed by atoms with Crippen LogP contribution in [0.1, 0.15) is 12.7 Å². The van der Waals surface area contributed by atoms with Crippen LogP contribution >= 0.6 is 11.8 Å². The number of thioether (sulfide) groups is 1. The van der Waals surface area contributed by atoms with E-state index >= 15 is 0 Å². The molecule has 0 spiro atoms. The van der Waals surface area contributed by atoms with E-state index in [9.17, 15) is 18.4 Å². The Morgan fingerprint density at radius 2 is 2.04 bits per heavy atom. The Balaban J connectivity index is 1.54. The van der Waals surface area contributed by atoms with Gasteiger partial charge in [-0.15, -0.1) is 19.0 Å². The monoisotopic (exact) mass is 414 g/mol. The Kier molecular flexibility index (Phi) is 5.68. The molecule has 1 aromatic heterocycles. The summed E-state index contributed by atoms with van der Waals surface area (Å²) in [5, 5.41) is 10.9. The van der Waals surface area contributed by atoms with Gasteiger partial charge in [-0.1, -0.05) is 11.8 Å². The number of hydrogen-bond donors (Lipinski definition) is 1. The van der Waals surface area contributed by atoms with Crippen molar-refractivity contribution in [3.8, 4) is 11.5 Å². The average molecular weight is 414 g/mol. The number of carbonyl (C=O) groups is 2. The van der Waals surface area contributed by atoms with Crippen LogP contribution in [0, 0.1) is 0 Å². The van der Waals surface area contributed by atoms with Gasteiger partial charge in [0.2, 0.25) is 5.91 Å². The molecule has 9 nitrogen and oxygen atoms in total. The van der Waals surface area contributed by atoms with Gasteiger partial charge in [0.05, 0.1) is 12.4 Å². The molecule has 0 unspecified atom stereocenters. The third kappa shape index (κ3) is 4.68. The summed E-state index contributed by atoms with van der Waals surface area (Å²) in [6.45, 7) is 1.98. The van der Waals surface area contributed by atoms with Crippen molar-refractivity contribution in [3.05, 3.63) is 24.0 Å². The van der Waals surface area contributed by atoms with Crippen molar-refractivity contribution in [1.82, 2.24) is 14.8 Å². The van der Waals surface area contributed by atoms with E-state index in [0.717, 1.165) is 11.8 Å². The first-order chi connectivity index (χ1) is 13.3. The van der Waals surface area contributed by atoms with Gasteiger partial charge in [-0.25, -0.2) is 0 Å². The van der Waals surface area contributed by atoms with Crippen LogP contribution in [-0.4, -0.2) is 45.3 Å². The molecule has 12 heteroatoms. The lowest BCUT2D eigenvalue weighted by Gasteiger charge is -2.06. The van der Waals surface area contributed by atoms with Crippen molar-refractivity contribution < 1.29 is 32.6 Å². The van der Waals surface area contributed by atoms with Gasteiger partial charge in [0.15, 0.2) is 16.7 Å². The molecule has 0 saturated carbocycles. The zero-order valence-corrected chi connectivity index (χ0v) is 15.7. The Hall–Kier alpha value is -2.89. The second kappa shape index (κ2) is 8.00. The highest BCUT2D eigenvalue weighted by Gasteiger charge is 2.43. The largest absolute Gasteiger partial charge is 0.586 e. The number of aromatic nitrogens is 3. The maximum atomic E-state index is 13.0. The Morgan fingerprint density at radius 1 is 1.29 bits per heavy atom. The van der Waals surface area contributed by atoms with Gasteiger partial charge in [-0.2, -0.15) is 0 Å². The molecule has 0 fully saturated rings. The summed E-state index contributed by atoms with van der Waals surface area (Å²) in [4.78, 5) is 23.6. The Labute approximate surface area is 162 Å². The summed E-state index contributed by atoms with van der Waals surface area (Å²) in [6, 6.07) is 3.95. The molecule has 2 heterocycles. The minimum atomic E-state index is -3.72. The zero-order valence-electron chi connectivity index (χ0n) is 14.9. The van der Waals surface area contributed by atoms with Gasteiger partial charge in [0.1, 0.15) is 12.2 Å². The third-order valence-electron chi connectivity index (χ3n) is 3.55. The number of anilines is 1. The minimum Gasteiger partial charge on any atom is -0.466 e. The summed E-state index contributed by atoms with van der Waals surface area (Å²) < 4.78 is 41.1. The van der Waals surface area contributed by atoms with Crippen molar-refractivity contribution in [2.24, 2.45) is 7.05 Å². The van der Waals surface area contributed by atoms with Crippen LogP contribution in [0.25, 0.3) is 0 Å². The van der Waals surface area contributed by atoms with Crippen LogP contribution < -0.4 is 14.8 Å². The molecular weight excluding hydrogens is 398 g/mol. The number of esters is 1. The Morgan fingerprint density at radius 3 is 2.79 bits per heavy atom. The highest BCUT2D eigenvalue weighted by Crippen LogP contribution is 2.42. The zero-order chi connectivity index (χ0) is 20.3. The molecule has 150 valence electrons. The second-order valence-corrected chi connectivity index (χ2v) is 6.55. The van der Waals surface area contributed by atoms with Crippen LogP contribution in [-0.2, 0) is 27.8 Å². The van der Waals surface area contributed by atoms with Crippen molar-refractivity contribution in [2.45, 2.75) is 24.8 Å². The van der Waals surface area contributed by atoms with E-state index in [4.69, 9.17) is 4.74 Å². The fourth-order valence-corrected chi connectivity index (χ4v) is 3.05. The maximum Gasteiger partial charge on any atom is 0.586 e. The average Bonchev–Trinajstić information content (AvgIpc) is 3.11. The fourth-order valence-electron chi connectivity index (χ4n) is 2.32. The van der Waals surface area contributed by atoms with Crippen molar-refractivity contribution in [1.29, 1.82) is 0 Å². The van der Waals surface area contributed by atoms with Gasteiger partial charge in [0, 0.05) is 18.8 Å². The van der Waals surface area contributed by atoms with Crippen molar-refractivity contribution in [2.75, 3.05) is 17.7 Å². The molecule has 1 amide bonds. The quantitative estimate of drug-likeness (QED) is 0.542. The third-order valence-corrected chi connectivity index (χ3v) is 4.57. The smallest absolute Gasteiger partial charge is 0.466 e. The number of halogens is 2. The topological polar surface area (TPSA) is 105 Å². The summed E-state index contributed by atoms with van der Waals surface area (Å²) in [5.74, 6) is -0.655. The normalized spacial score (nSPS) is 14.0. The summed E-state index contributed by atoms with van der Waals surface area (Å²) >= 11 is 1.11. The lowest BCUT2D eigenvalue weighted by molar-refractivity contribution is -0.286. The van der Waals surface area contributed by atoms with Gasteiger partial charge < -0.3 is 24.1 Å². The van der Waals surface area contributed by atoms with Gasteiger partial charge >= 0.3 is 12.3 Å². The number of fused-ring (bicyclic) bond motifs is 1. The SMILES string of the molecule is CCOC(=O)Cc1nnc(SCC(=O)Nc2ccc3c(c2)OC(F)(F)O3)n1C. The molecule has 0 atom stereocenters. The lowest BCUT2D eigenvalue weighted by atomic mass is 10.3. The molecule has 1 aliphatic heterocycles. The predicted octanol–water partition coefficient (Wildman–Crippen LogP) is 1.97. The molecule has 0 bridgehead atoms. The van der Waals surface area contributed by atoms with Crippen LogP contribution in [0.4, 0.5) is 14.5 Å². The van der Waals surface area contributed by atoms with Crippen molar-refractivity contribution >= 4 is 29.3 Å². The van der Waals surface area contributed by atoms with Crippen LogP contribution in [0.2, 0.25) is 0 Å². The maximum absolute atomic E-state index is 13.0. The summed E-state index contributed by atoms with van der Waals surface area (Å²) in [7, 11) is 1.67. The fraction of sp³-hybridized carbons (Fsp3) is 0.375. The number of ether oxygens (including phenoxy) is 3. The number of benzene rings is 1. The molecule has 28 heavy (non-hydrogen) atoms. The number of carbonyl (C=O) groups excluding carboxylic acids is 2. The Bertz CT molecular complexity index is 905. The lowest BCUT2D eigenvalue weighted by Crippen LogP contribution is -2.25. The van der Waals surface area contributed by atoms with Crippen molar-refractivity contribution in [3.63, 3.8) is 0 Å². The van der Waals surface area contributed by atoms with E-state index in [1.165, 1.54) is 18.2 Å². The molecule has 0 radical (unpaired) electrons. The number of nitrogens with one attached hydrogen (secondary N) is 1. The van der Waals surface area contributed by atoms with E-state index in [-0.39, 0.29) is 41.9 Å². The van der Waals surface area contributed by atoms with Gasteiger partial charge in [-0.3, -0.25) is 9.59 Å². The van der Waals surface area contributed by atoms with E-state index < -0.39 is 12.3 Å². The van der Waals surface area contributed by atoms with E-state index in [0.29, 0.717) is 11.0 Å². The number of rotatable bonds is 7. The summed E-state index contributed by atoms with van der Waals surface area (Å²) in [6.07, 6.45) is -3.74. The predicted molar refractivity (Wildman–Crippen MR) is 93.3 cm³/mol. The number of hydrogen-bond acceptors (Lipinski definition) is 8. The minimum absolute atomic E-state index is 0.00399. The first-order valence-corrected chi connectivity index (χ1v) is 9.12. The van der Waals surface area contributed by atoms with E-state index in [2.05, 4.69) is 25.0 Å². The number of nitrogens with zero attached hydrogens (tertiary/aromatic N) is 3. The van der Waals surface area contributed by atoms with E-state index in [1.807, 2.05) is 0 Å². The highest BCUT2D eigenvalue weighted by atomic mass is 32.2. The van der Waals surface area contributed by atoms with Crippen LogP contribution in [0.15, 0.2) is 23.4 Å². The highest BCUT2D eigenvalue weighted by molar-refractivity contribution is 7.99. The summed E-state index contributed by atoms with van der Waals surface area (Å²) in [5.41, 5.74) is 0.284. The molecule has 0 saturated heterocycles. The van der Waals surface area contributed by atoms with Gasteiger partial charge in [0.25, 0.3) is 0 Å². The molecule has 1 aromatic carbocycles. The first kappa shape index (κ1) is 19.9. The molecule has 2 aromatic rings. The van der Waals surface area contributed by atoms with Gasteiger partial charge in [-0.05, 0) is 19.1 Å². The van der Waals surface area contributed by atoms with Crippen LogP contribution in [0.3, 0.4) is 0 Å². The standard InChI is InChI=1S/C16H16F2N4O5S/c1-3-25-14(24)7-12-20-21-15(22(12)2)28-8-13(23)19-9-4-5-10-11(6-9)27-16(17,18)26-10/h4-6H,3,7-8H2,1-2H3,(H,19,23). The van der Waals surface area contributed by atoms with Crippen LogP contribution in [0.5, 0.6) is 11.5 Å². The molecule has 3 rings (SSSR count). The molecular formula is C16H16F2N4O5S. The molecule has 0 aliphatic carbocycles. The second-order valence-electron chi connectivity index (χ2n) is 5.61.